The van der Waals surface area contributed by atoms with E-state index in [4.69, 9.17) is 14.0 Å². The number of aromatic nitrogens is 3. The van der Waals surface area contributed by atoms with Gasteiger partial charge in [0.15, 0.2) is 0 Å². The molecule has 2 aromatic carbocycles. The Morgan fingerprint density at radius 3 is 2.64 bits per heavy atom. The summed E-state index contributed by atoms with van der Waals surface area (Å²) < 4.78 is 15.9. The number of rotatable bonds is 5. The predicted molar refractivity (Wildman–Crippen MR) is 100 cm³/mol. The van der Waals surface area contributed by atoms with Crippen LogP contribution in [0.5, 0.6) is 11.6 Å². The summed E-state index contributed by atoms with van der Waals surface area (Å²) in [4.78, 5) is 19.3. The van der Waals surface area contributed by atoms with E-state index in [2.05, 4.69) is 15.1 Å². The Hall–Kier alpha value is -4.01. The third-order valence-corrected chi connectivity index (χ3v) is 4.15. The second kappa shape index (κ2) is 6.95. The number of pyridine rings is 1. The molecule has 0 bridgehead atoms. The molecular weight excluding hydrogens is 364 g/mol. The van der Waals surface area contributed by atoms with Crippen LogP contribution in [-0.4, -0.2) is 34.3 Å². The molecule has 0 aliphatic carbocycles. The predicted octanol–water partition coefficient (Wildman–Crippen LogP) is 3.88. The maximum absolute atomic E-state index is 11.0. The van der Waals surface area contributed by atoms with Crippen LogP contribution in [0.25, 0.3) is 33.7 Å². The third kappa shape index (κ3) is 3.09. The van der Waals surface area contributed by atoms with Gasteiger partial charge in [-0.15, -0.1) is 0 Å². The first kappa shape index (κ1) is 17.4. The molecule has 0 spiro atoms. The Kier molecular flexibility index (Phi) is 4.32. The highest BCUT2D eigenvalue weighted by molar-refractivity contribution is 5.86. The molecular formula is C19H14N4O5. The lowest BCUT2D eigenvalue weighted by atomic mass is 10.1. The average Bonchev–Trinajstić information content (AvgIpc) is 3.22. The Morgan fingerprint density at radius 1 is 1.04 bits per heavy atom. The summed E-state index contributed by atoms with van der Waals surface area (Å²) in [6.45, 7) is 0. The molecule has 4 rings (SSSR count). The van der Waals surface area contributed by atoms with E-state index in [1.54, 1.807) is 19.2 Å². The van der Waals surface area contributed by atoms with Crippen molar-refractivity contribution in [2.75, 3.05) is 14.2 Å². The van der Waals surface area contributed by atoms with E-state index in [1.165, 1.54) is 19.2 Å². The van der Waals surface area contributed by atoms with Gasteiger partial charge in [0.1, 0.15) is 5.75 Å². The molecule has 0 aliphatic heterocycles. The lowest BCUT2D eigenvalue weighted by Gasteiger charge is -2.07. The summed E-state index contributed by atoms with van der Waals surface area (Å²) in [5.41, 5.74) is 1.64. The summed E-state index contributed by atoms with van der Waals surface area (Å²) in [6, 6.07) is 13.3. The molecule has 2 heterocycles. The molecule has 0 saturated heterocycles. The quantitative estimate of drug-likeness (QED) is 0.380. The van der Waals surface area contributed by atoms with Gasteiger partial charge in [-0.2, -0.15) is 4.98 Å². The number of ether oxygens (including phenoxy) is 2. The third-order valence-electron chi connectivity index (χ3n) is 4.15. The van der Waals surface area contributed by atoms with Crippen LogP contribution in [-0.2, 0) is 0 Å². The number of hydrogen-bond donors (Lipinski definition) is 0. The van der Waals surface area contributed by atoms with Gasteiger partial charge in [0.25, 0.3) is 11.6 Å². The molecule has 140 valence electrons. The fourth-order valence-corrected chi connectivity index (χ4v) is 2.78. The number of nitro groups is 1. The lowest BCUT2D eigenvalue weighted by molar-refractivity contribution is -0.384. The maximum atomic E-state index is 11.0. The number of nitro benzene ring substituents is 1. The highest BCUT2D eigenvalue weighted by Gasteiger charge is 2.18. The van der Waals surface area contributed by atoms with E-state index >= 15 is 0 Å². The average molecular weight is 378 g/mol. The number of benzene rings is 2. The van der Waals surface area contributed by atoms with Crippen molar-refractivity contribution >= 4 is 16.6 Å². The van der Waals surface area contributed by atoms with Crippen LogP contribution in [0.4, 0.5) is 5.69 Å². The monoisotopic (exact) mass is 378 g/mol. The summed E-state index contributed by atoms with van der Waals surface area (Å²) >= 11 is 0. The van der Waals surface area contributed by atoms with Crippen LogP contribution in [0.3, 0.4) is 0 Å². The molecule has 2 aromatic heterocycles. The van der Waals surface area contributed by atoms with E-state index in [0.717, 1.165) is 10.9 Å². The molecule has 0 N–H and O–H groups in total. The van der Waals surface area contributed by atoms with E-state index < -0.39 is 4.92 Å². The lowest BCUT2D eigenvalue weighted by Crippen LogP contribution is -1.94. The van der Waals surface area contributed by atoms with E-state index in [-0.39, 0.29) is 17.4 Å². The first-order valence-electron chi connectivity index (χ1n) is 8.20. The van der Waals surface area contributed by atoms with Crippen molar-refractivity contribution in [2.45, 2.75) is 0 Å². The number of methoxy groups -OCH3 is 2. The van der Waals surface area contributed by atoms with Crippen LogP contribution < -0.4 is 9.47 Å². The number of hydrogen-bond acceptors (Lipinski definition) is 8. The summed E-state index contributed by atoms with van der Waals surface area (Å²) in [7, 11) is 3.09. The van der Waals surface area contributed by atoms with Crippen molar-refractivity contribution in [2.24, 2.45) is 0 Å². The van der Waals surface area contributed by atoms with Crippen molar-refractivity contribution in [3.05, 3.63) is 58.6 Å². The Morgan fingerprint density at radius 2 is 1.89 bits per heavy atom. The molecule has 0 aliphatic rings. The Labute approximate surface area is 158 Å². The SMILES string of the molecule is COc1ccc2nc(OC)c(-c3noc(-c4cccc([N+](=O)[O-])c4)n3)cc2c1. The topological polar surface area (TPSA) is 113 Å². The van der Waals surface area contributed by atoms with E-state index in [1.807, 2.05) is 24.3 Å². The van der Waals surface area contributed by atoms with Crippen molar-refractivity contribution < 1.29 is 18.9 Å². The molecule has 9 heteroatoms. The minimum absolute atomic E-state index is 0.0608. The molecule has 0 radical (unpaired) electrons. The Balaban J connectivity index is 1.80. The molecule has 0 saturated carbocycles. The van der Waals surface area contributed by atoms with Crippen molar-refractivity contribution in [1.82, 2.24) is 15.1 Å². The minimum atomic E-state index is -0.482. The van der Waals surface area contributed by atoms with Crippen LogP contribution in [0.1, 0.15) is 0 Å². The molecule has 0 atom stereocenters. The van der Waals surface area contributed by atoms with Crippen LogP contribution in [0.2, 0.25) is 0 Å². The first-order chi connectivity index (χ1) is 13.6. The zero-order chi connectivity index (χ0) is 19.7. The van der Waals surface area contributed by atoms with Gasteiger partial charge in [-0.3, -0.25) is 10.1 Å². The fourth-order valence-electron chi connectivity index (χ4n) is 2.78. The standard InChI is InChI=1S/C19H14N4O5/c1-26-14-6-7-16-12(9-14)10-15(19(20-16)27-2)17-21-18(28-22-17)11-4-3-5-13(8-11)23(24)25/h3-10H,1-2H3. The maximum Gasteiger partial charge on any atom is 0.270 e. The van der Waals surface area contributed by atoms with Gasteiger partial charge in [0.2, 0.25) is 11.7 Å². The second-order valence-corrected chi connectivity index (χ2v) is 5.83. The van der Waals surface area contributed by atoms with Gasteiger partial charge in [0.05, 0.1) is 30.2 Å². The molecule has 4 aromatic rings. The fraction of sp³-hybridized carbons (Fsp3) is 0.105. The summed E-state index contributed by atoms with van der Waals surface area (Å²) in [5.74, 6) is 1.45. The first-order valence-corrected chi connectivity index (χ1v) is 8.20. The number of fused-ring (bicyclic) bond motifs is 1. The van der Waals surface area contributed by atoms with Gasteiger partial charge < -0.3 is 14.0 Å². The van der Waals surface area contributed by atoms with Crippen LogP contribution in [0.15, 0.2) is 53.1 Å². The molecule has 28 heavy (non-hydrogen) atoms. The van der Waals surface area contributed by atoms with E-state index in [9.17, 15) is 10.1 Å². The highest BCUT2D eigenvalue weighted by atomic mass is 16.6. The molecule has 9 nitrogen and oxygen atoms in total. The van der Waals surface area contributed by atoms with Crippen molar-refractivity contribution in [1.29, 1.82) is 0 Å². The van der Waals surface area contributed by atoms with Gasteiger partial charge in [0, 0.05) is 23.1 Å². The van der Waals surface area contributed by atoms with Gasteiger partial charge >= 0.3 is 0 Å². The van der Waals surface area contributed by atoms with Gasteiger partial charge in [-0.1, -0.05) is 11.2 Å². The molecule has 0 amide bonds. The van der Waals surface area contributed by atoms with Crippen molar-refractivity contribution in [3.8, 4) is 34.5 Å². The highest BCUT2D eigenvalue weighted by Crippen LogP contribution is 2.33. The van der Waals surface area contributed by atoms with Crippen LogP contribution in [0, 0.1) is 10.1 Å². The van der Waals surface area contributed by atoms with Gasteiger partial charge in [-0.05, 0) is 30.3 Å². The van der Waals surface area contributed by atoms with Crippen LogP contribution >= 0.6 is 0 Å². The minimum Gasteiger partial charge on any atom is -0.497 e. The zero-order valence-corrected chi connectivity index (χ0v) is 14.9. The van der Waals surface area contributed by atoms with Gasteiger partial charge in [-0.25, -0.2) is 4.98 Å². The number of nitrogens with zero attached hydrogens (tertiary/aromatic N) is 4. The normalized spacial score (nSPS) is 10.8. The summed E-state index contributed by atoms with van der Waals surface area (Å²) in [5, 5.41) is 15.8. The molecule has 0 unspecified atom stereocenters. The number of non-ortho nitro benzene ring substituents is 1. The Bertz CT molecular complexity index is 1190. The van der Waals surface area contributed by atoms with Crippen molar-refractivity contribution in [3.63, 3.8) is 0 Å². The smallest absolute Gasteiger partial charge is 0.270 e. The largest absolute Gasteiger partial charge is 0.497 e. The van der Waals surface area contributed by atoms with E-state index in [0.29, 0.717) is 22.8 Å². The second-order valence-electron chi connectivity index (χ2n) is 5.83. The molecule has 0 fully saturated rings. The zero-order valence-electron chi connectivity index (χ0n) is 14.9. The summed E-state index contributed by atoms with van der Waals surface area (Å²) in [6.07, 6.45) is 0.